The summed E-state index contributed by atoms with van der Waals surface area (Å²) in [4.78, 5) is 8.09. The van der Waals surface area contributed by atoms with Crippen LogP contribution in [0, 0.1) is 0 Å². The minimum atomic E-state index is 0.796. The zero-order valence-corrected chi connectivity index (χ0v) is 10.3. The molecule has 0 bridgehead atoms. The average molecular weight is 278 g/mol. The quantitative estimate of drug-likeness (QED) is 0.874. The maximum absolute atomic E-state index is 4.12. The van der Waals surface area contributed by atoms with Gasteiger partial charge in [-0.2, -0.15) is 0 Å². The minimum Gasteiger partial charge on any atom is -0.370 e. The van der Waals surface area contributed by atoms with Crippen LogP contribution in [0.2, 0.25) is 0 Å². The zero-order valence-electron chi connectivity index (χ0n) is 8.73. The fraction of sp³-hybridized carbons (Fsp3) is 0.167. The third kappa shape index (κ3) is 3.31. The van der Waals surface area contributed by atoms with Crippen LogP contribution in [-0.2, 0) is 6.42 Å². The first kappa shape index (κ1) is 11.1. The monoisotopic (exact) mass is 277 g/mol. The Morgan fingerprint density at radius 1 is 1.12 bits per heavy atom. The van der Waals surface area contributed by atoms with E-state index >= 15 is 0 Å². The number of anilines is 1. The highest BCUT2D eigenvalue weighted by Gasteiger charge is 1.95. The van der Waals surface area contributed by atoms with Gasteiger partial charge in [0.1, 0.15) is 16.7 Å². The fourth-order valence-corrected chi connectivity index (χ4v) is 1.72. The summed E-state index contributed by atoms with van der Waals surface area (Å²) in [5, 5.41) is 3.25. The molecule has 2 rings (SSSR count). The van der Waals surface area contributed by atoms with E-state index in [0.29, 0.717) is 0 Å². The van der Waals surface area contributed by atoms with Crippen LogP contribution in [0.4, 0.5) is 5.82 Å². The van der Waals surface area contributed by atoms with Crippen LogP contribution in [-0.4, -0.2) is 16.5 Å². The van der Waals surface area contributed by atoms with E-state index in [1.165, 1.54) is 11.9 Å². The van der Waals surface area contributed by atoms with Gasteiger partial charge in [0, 0.05) is 12.6 Å². The highest BCUT2D eigenvalue weighted by molar-refractivity contribution is 9.10. The van der Waals surface area contributed by atoms with E-state index in [1.54, 1.807) is 0 Å². The van der Waals surface area contributed by atoms with Crippen LogP contribution in [0.15, 0.2) is 47.3 Å². The van der Waals surface area contributed by atoms with Gasteiger partial charge >= 0.3 is 0 Å². The third-order valence-electron chi connectivity index (χ3n) is 2.20. The van der Waals surface area contributed by atoms with Gasteiger partial charge in [0.15, 0.2) is 0 Å². The molecular formula is C12H12BrN3. The molecule has 0 saturated heterocycles. The minimum absolute atomic E-state index is 0.796. The molecule has 4 heteroatoms. The summed E-state index contributed by atoms with van der Waals surface area (Å²) in [7, 11) is 0. The Bertz CT molecular complexity index is 445. The molecule has 1 N–H and O–H groups in total. The second-order valence-electron chi connectivity index (χ2n) is 3.39. The Morgan fingerprint density at radius 2 is 1.94 bits per heavy atom. The average Bonchev–Trinajstić information content (AvgIpc) is 2.30. The number of nitrogens with zero attached hydrogens (tertiary/aromatic N) is 2. The standard InChI is InChI=1S/C12H12BrN3/c13-11-8-12(16-9-15-11)14-7-6-10-4-2-1-3-5-10/h1-5,8-9H,6-7H2,(H,14,15,16). The molecule has 0 spiro atoms. The Balaban J connectivity index is 1.85. The summed E-state index contributed by atoms with van der Waals surface area (Å²) < 4.78 is 0.796. The Hall–Kier alpha value is -1.42. The topological polar surface area (TPSA) is 37.8 Å². The summed E-state index contributed by atoms with van der Waals surface area (Å²) in [5.74, 6) is 0.845. The molecule has 1 heterocycles. The molecular weight excluding hydrogens is 266 g/mol. The van der Waals surface area contributed by atoms with Crippen molar-refractivity contribution in [1.82, 2.24) is 9.97 Å². The summed E-state index contributed by atoms with van der Waals surface area (Å²) in [6, 6.07) is 12.2. The number of benzene rings is 1. The van der Waals surface area contributed by atoms with Crippen LogP contribution >= 0.6 is 15.9 Å². The van der Waals surface area contributed by atoms with Crippen LogP contribution in [0.5, 0.6) is 0 Å². The van der Waals surface area contributed by atoms with Crippen LogP contribution in [0.3, 0.4) is 0 Å². The van der Waals surface area contributed by atoms with Crippen molar-refractivity contribution in [1.29, 1.82) is 0 Å². The largest absolute Gasteiger partial charge is 0.370 e. The molecule has 0 aliphatic heterocycles. The van der Waals surface area contributed by atoms with Crippen LogP contribution in [0.1, 0.15) is 5.56 Å². The molecule has 16 heavy (non-hydrogen) atoms. The molecule has 0 saturated carbocycles. The second kappa shape index (κ2) is 5.61. The number of hydrogen-bond donors (Lipinski definition) is 1. The van der Waals surface area contributed by atoms with Crippen molar-refractivity contribution in [3.8, 4) is 0 Å². The summed E-state index contributed by atoms with van der Waals surface area (Å²) >= 11 is 3.31. The lowest BCUT2D eigenvalue weighted by Crippen LogP contribution is -2.06. The maximum atomic E-state index is 4.12. The van der Waals surface area contributed by atoms with E-state index in [9.17, 15) is 0 Å². The van der Waals surface area contributed by atoms with E-state index < -0.39 is 0 Å². The third-order valence-corrected chi connectivity index (χ3v) is 2.63. The Morgan fingerprint density at radius 3 is 2.69 bits per heavy atom. The van der Waals surface area contributed by atoms with Gasteiger partial charge in [-0.25, -0.2) is 9.97 Å². The first-order chi connectivity index (χ1) is 7.84. The number of halogens is 1. The summed E-state index contributed by atoms with van der Waals surface area (Å²) in [5.41, 5.74) is 1.32. The van der Waals surface area contributed by atoms with Crippen molar-refractivity contribution < 1.29 is 0 Å². The van der Waals surface area contributed by atoms with Gasteiger partial charge in [-0.3, -0.25) is 0 Å². The SMILES string of the molecule is Brc1cc(NCCc2ccccc2)ncn1. The molecule has 82 valence electrons. The number of rotatable bonds is 4. The predicted octanol–water partition coefficient (Wildman–Crippen LogP) is 2.89. The van der Waals surface area contributed by atoms with E-state index in [-0.39, 0.29) is 0 Å². The van der Waals surface area contributed by atoms with Gasteiger partial charge in [0.05, 0.1) is 0 Å². The fourth-order valence-electron chi connectivity index (χ4n) is 1.41. The first-order valence-corrected chi connectivity index (χ1v) is 5.89. The molecule has 0 aliphatic carbocycles. The molecule has 0 atom stereocenters. The molecule has 0 fully saturated rings. The van der Waals surface area contributed by atoms with Gasteiger partial charge in [-0.1, -0.05) is 30.3 Å². The van der Waals surface area contributed by atoms with Crippen molar-refractivity contribution >= 4 is 21.7 Å². The molecule has 0 radical (unpaired) electrons. The van der Waals surface area contributed by atoms with Crippen LogP contribution < -0.4 is 5.32 Å². The van der Waals surface area contributed by atoms with Gasteiger partial charge < -0.3 is 5.32 Å². The number of hydrogen-bond acceptors (Lipinski definition) is 3. The predicted molar refractivity (Wildman–Crippen MR) is 68.4 cm³/mol. The number of aromatic nitrogens is 2. The van der Waals surface area contributed by atoms with E-state index in [0.717, 1.165) is 23.4 Å². The molecule has 1 aromatic heterocycles. The lowest BCUT2D eigenvalue weighted by Gasteiger charge is -2.05. The number of nitrogens with one attached hydrogen (secondary N) is 1. The van der Waals surface area contributed by atoms with Crippen molar-refractivity contribution in [2.45, 2.75) is 6.42 Å². The van der Waals surface area contributed by atoms with Crippen molar-refractivity contribution in [2.24, 2.45) is 0 Å². The molecule has 2 aromatic rings. The lowest BCUT2D eigenvalue weighted by atomic mass is 10.1. The maximum Gasteiger partial charge on any atom is 0.130 e. The molecule has 0 aliphatic rings. The Kier molecular flexibility index (Phi) is 3.88. The lowest BCUT2D eigenvalue weighted by molar-refractivity contribution is 0.996. The molecule has 0 amide bonds. The van der Waals surface area contributed by atoms with Crippen molar-refractivity contribution in [3.63, 3.8) is 0 Å². The van der Waals surface area contributed by atoms with E-state index in [1.807, 2.05) is 12.1 Å². The first-order valence-electron chi connectivity index (χ1n) is 5.10. The summed E-state index contributed by atoms with van der Waals surface area (Å²) in [6.07, 6.45) is 2.53. The van der Waals surface area contributed by atoms with E-state index in [4.69, 9.17) is 0 Å². The smallest absolute Gasteiger partial charge is 0.130 e. The highest BCUT2D eigenvalue weighted by atomic mass is 79.9. The van der Waals surface area contributed by atoms with Gasteiger partial charge in [0.2, 0.25) is 0 Å². The molecule has 3 nitrogen and oxygen atoms in total. The highest BCUT2D eigenvalue weighted by Crippen LogP contribution is 2.09. The molecule has 1 aromatic carbocycles. The van der Waals surface area contributed by atoms with Gasteiger partial charge in [-0.15, -0.1) is 0 Å². The van der Waals surface area contributed by atoms with E-state index in [2.05, 4.69) is 55.5 Å². The Labute approximate surface area is 103 Å². The van der Waals surface area contributed by atoms with Crippen molar-refractivity contribution in [2.75, 3.05) is 11.9 Å². The second-order valence-corrected chi connectivity index (χ2v) is 4.20. The van der Waals surface area contributed by atoms with Gasteiger partial charge in [-0.05, 0) is 27.9 Å². The van der Waals surface area contributed by atoms with Crippen LogP contribution in [0.25, 0.3) is 0 Å². The summed E-state index contributed by atoms with van der Waals surface area (Å²) in [6.45, 7) is 0.869. The van der Waals surface area contributed by atoms with Gasteiger partial charge in [0.25, 0.3) is 0 Å². The molecule has 0 unspecified atom stereocenters. The normalized spacial score (nSPS) is 10.1. The zero-order chi connectivity index (χ0) is 11.2. The van der Waals surface area contributed by atoms with Crippen molar-refractivity contribution in [3.05, 3.63) is 52.9 Å².